The molecule has 6 heteroatoms. The summed E-state index contributed by atoms with van der Waals surface area (Å²) in [5.41, 5.74) is 3.83. The Labute approximate surface area is 200 Å². The minimum Gasteiger partial charge on any atom is -0.490 e. The quantitative estimate of drug-likeness (QED) is 0.369. The Morgan fingerprint density at radius 3 is 2.26 bits per heavy atom. The van der Waals surface area contributed by atoms with Gasteiger partial charge in [-0.3, -0.25) is 14.4 Å². The third-order valence-electron chi connectivity index (χ3n) is 6.93. The molecule has 2 fully saturated rings. The number of carboxylic acid groups (broad SMARTS) is 1. The van der Waals surface area contributed by atoms with Crippen molar-refractivity contribution in [2.75, 3.05) is 6.54 Å². The summed E-state index contributed by atoms with van der Waals surface area (Å²) in [4.78, 5) is 36.1. The number of aryl methyl sites for hydroxylation is 1. The van der Waals surface area contributed by atoms with Crippen LogP contribution in [-0.4, -0.2) is 35.4 Å². The molecule has 4 rings (SSSR count). The van der Waals surface area contributed by atoms with Gasteiger partial charge in [-0.15, -0.1) is 0 Å². The Morgan fingerprint density at radius 2 is 1.62 bits per heavy atom. The maximum atomic E-state index is 12.5. The molecule has 0 bridgehead atoms. The summed E-state index contributed by atoms with van der Waals surface area (Å²) in [6.45, 7) is 2.55. The van der Waals surface area contributed by atoms with Gasteiger partial charge in [0.2, 0.25) is 0 Å². The third-order valence-corrected chi connectivity index (χ3v) is 6.93. The number of aliphatic carboxylic acids is 1. The predicted molar refractivity (Wildman–Crippen MR) is 130 cm³/mol. The molecule has 1 amide bonds. The van der Waals surface area contributed by atoms with Crippen molar-refractivity contribution in [1.29, 1.82) is 0 Å². The minimum atomic E-state index is -0.723. The molecule has 34 heavy (non-hydrogen) atoms. The van der Waals surface area contributed by atoms with Gasteiger partial charge >= 0.3 is 5.97 Å². The zero-order valence-electron chi connectivity index (χ0n) is 19.7. The molecule has 6 nitrogen and oxygen atoms in total. The highest BCUT2D eigenvalue weighted by molar-refractivity contribution is 5.96. The smallest absolute Gasteiger partial charge is 0.306 e. The van der Waals surface area contributed by atoms with Crippen LogP contribution < -0.4 is 10.1 Å². The number of carbonyl (C=O) groups is 3. The van der Waals surface area contributed by atoms with Crippen molar-refractivity contribution in [2.45, 2.75) is 70.3 Å². The molecular weight excluding hydrogens is 430 g/mol. The fraction of sp³-hybridized carbons (Fsp3) is 0.464. The lowest BCUT2D eigenvalue weighted by molar-refractivity contribution is -0.143. The molecule has 0 aromatic heterocycles. The number of Topliss-reactive ketones (excluding diaryl/α,β-unsaturated/α-hetero) is 1. The molecule has 2 saturated carbocycles. The summed E-state index contributed by atoms with van der Waals surface area (Å²) in [6, 6.07) is 13.0. The first-order valence-corrected chi connectivity index (χ1v) is 12.3. The SMILES string of the molecule is Cc1ccc(C(=O)NCCCC(=O)c2ccc(OC3CCC(C(=O)O)CC3)cc2)cc1C1CC1. The van der Waals surface area contributed by atoms with Gasteiger partial charge in [-0.1, -0.05) is 6.07 Å². The molecule has 2 aliphatic carbocycles. The lowest BCUT2D eigenvalue weighted by Gasteiger charge is -2.26. The number of hydrogen-bond acceptors (Lipinski definition) is 4. The molecule has 0 radical (unpaired) electrons. The molecule has 2 aromatic rings. The minimum absolute atomic E-state index is 0.0228. The van der Waals surface area contributed by atoms with E-state index in [0.29, 0.717) is 55.0 Å². The Kier molecular flexibility index (Phi) is 7.66. The number of ether oxygens (including phenoxy) is 1. The number of amides is 1. The molecule has 2 N–H and O–H groups in total. The van der Waals surface area contributed by atoms with Crippen LogP contribution in [0.5, 0.6) is 5.75 Å². The number of ketones is 1. The third kappa shape index (κ3) is 6.25. The lowest BCUT2D eigenvalue weighted by atomic mass is 9.87. The van der Waals surface area contributed by atoms with Gasteiger partial charge in [0.05, 0.1) is 12.0 Å². The largest absolute Gasteiger partial charge is 0.490 e. The van der Waals surface area contributed by atoms with Crippen LogP contribution in [0.25, 0.3) is 0 Å². The molecule has 2 aliphatic rings. The molecule has 0 saturated heterocycles. The van der Waals surface area contributed by atoms with Crippen LogP contribution in [-0.2, 0) is 4.79 Å². The number of nitrogens with one attached hydrogen (secondary N) is 1. The maximum absolute atomic E-state index is 12.5. The van der Waals surface area contributed by atoms with Gasteiger partial charge in [0, 0.05) is 24.1 Å². The highest BCUT2D eigenvalue weighted by Crippen LogP contribution is 2.41. The van der Waals surface area contributed by atoms with Gasteiger partial charge in [-0.2, -0.15) is 0 Å². The first-order chi connectivity index (χ1) is 16.4. The molecular formula is C28H33NO5. The van der Waals surface area contributed by atoms with E-state index in [1.807, 2.05) is 18.2 Å². The van der Waals surface area contributed by atoms with Gasteiger partial charge < -0.3 is 15.2 Å². The zero-order chi connectivity index (χ0) is 24.1. The number of rotatable bonds is 10. The van der Waals surface area contributed by atoms with Crippen molar-refractivity contribution >= 4 is 17.7 Å². The number of carboxylic acids is 1. The fourth-order valence-electron chi connectivity index (χ4n) is 4.65. The summed E-state index contributed by atoms with van der Waals surface area (Å²) in [7, 11) is 0. The van der Waals surface area contributed by atoms with Gasteiger partial charge in [0.25, 0.3) is 5.91 Å². The van der Waals surface area contributed by atoms with Crippen molar-refractivity contribution in [2.24, 2.45) is 5.92 Å². The van der Waals surface area contributed by atoms with E-state index < -0.39 is 5.97 Å². The number of hydrogen-bond donors (Lipinski definition) is 2. The van der Waals surface area contributed by atoms with Gasteiger partial charge in [0.15, 0.2) is 5.78 Å². The van der Waals surface area contributed by atoms with E-state index in [1.165, 1.54) is 24.0 Å². The Morgan fingerprint density at radius 1 is 0.941 bits per heavy atom. The van der Waals surface area contributed by atoms with Gasteiger partial charge in [-0.25, -0.2) is 0 Å². The molecule has 0 atom stereocenters. The summed E-state index contributed by atoms with van der Waals surface area (Å²) < 4.78 is 5.97. The monoisotopic (exact) mass is 463 g/mol. The van der Waals surface area contributed by atoms with Crippen LogP contribution in [0, 0.1) is 12.8 Å². The van der Waals surface area contributed by atoms with E-state index in [-0.39, 0.29) is 23.7 Å². The van der Waals surface area contributed by atoms with Crippen LogP contribution in [0.2, 0.25) is 0 Å². The highest BCUT2D eigenvalue weighted by Gasteiger charge is 2.27. The van der Waals surface area contributed by atoms with Crippen molar-refractivity contribution in [3.05, 3.63) is 64.7 Å². The van der Waals surface area contributed by atoms with Crippen molar-refractivity contribution in [3.63, 3.8) is 0 Å². The van der Waals surface area contributed by atoms with E-state index >= 15 is 0 Å². The molecule has 2 aromatic carbocycles. The zero-order valence-corrected chi connectivity index (χ0v) is 19.7. The first kappa shape index (κ1) is 24.0. The normalized spacial score (nSPS) is 19.9. The Balaban J connectivity index is 1.18. The van der Waals surface area contributed by atoms with Crippen molar-refractivity contribution < 1.29 is 24.2 Å². The fourth-order valence-corrected chi connectivity index (χ4v) is 4.65. The predicted octanol–water partition coefficient (Wildman–Crippen LogP) is 5.29. The Hall–Kier alpha value is -3.15. The van der Waals surface area contributed by atoms with E-state index in [0.717, 1.165) is 12.8 Å². The van der Waals surface area contributed by atoms with E-state index in [1.54, 1.807) is 24.3 Å². The second-order valence-corrected chi connectivity index (χ2v) is 9.58. The van der Waals surface area contributed by atoms with Gasteiger partial charge in [0.1, 0.15) is 5.75 Å². The van der Waals surface area contributed by atoms with Gasteiger partial charge in [-0.05, 0) is 105 Å². The Bertz CT molecular complexity index is 1030. The topological polar surface area (TPSA) is 92.7 Å². The van der Waals surface area contributed by atoms with Crippen LogP contribution in [0.4, 0.5) is 0 Å². The average Bonchev–Trinajstić information content (AvgIpc) is 3.68. The molecule has 0 unspecified atom stereocenters. The van der Waals surface area contributed by atoms with Crippen molar-refractivity contribution in [1.82, 2.24) is 5.32 Å². The van der Waals surface area contributed by atoms with Crippen LogP contribution in [0.3, 0.4) is 0 Å². The second-order valence-electron chi connectivity index (χ2n) is 9.58. The van der Waals surface area contributed by atoms with Crippen LogP contribution >= 0.6 is 0 Å². The number of benzene rings is 2. The van der Waals surface area contributed by atoms with E-state index in [9.17, 15) is 14.4 Å². The lowest BCUT2D eigenvalue weighted by Crippen LogP contribution is -2.27. The van der Waals surface area contributed by atoms with Crippen LogP contribution in [0.1, 0.15) is 89.1 Å². The maximum Gasteiger partial charge on any atom is 0.306 e. The standard InChI is InChI=1S/C28H33NO5/c1-18-4-5-22(17-25(18)19-6-7-19)27(31)29-16-2-3-26(30)20-8-12-23(13-9-20)34-24-14-10-21(11-15-24)28(32)33/h4-5,8-9,12-13,17,19,21,24H,2-3,6-7,10-11,14-16H2,1H3,(H,29,31)(H,32,33). The summed E-state index contributed by atoms with van der Waals surface area (Å²) in [6.07, 6.45) is 6.11. The van der Waals surface area contributed by atoms with Crippen molar-refractivity contribution in [3.8, 4) is 5.75 Å². The highest BCUT2D eigenvalue weighted by atomic mass is 16.5. The number of carbonyl (C=O) groups excluding carboxylic acids is 2. The molecule has 0 heterocycles. The molecule has 0 aliphatic heterocycles. The molecule has 180 valence electrons. The first-order valence-electron chi connectivity index (χ1n) is 12.3. The second kappa shape index (κ2) is 10.9. The summed E-state index contributed by atoms with van der Waals surface area (Å²) in [5.74, 6) is 0.267. The van der Waals surface area contributed by atoms with E-state index in [4.69, 9.17) is 9.84 Å². The van der Waals surface area contributed by atoms with Crippen LogP contribution in [0.15, 0.2) is 42.5 Å². The van der Waals surface area contributed by atoms with E-state index in [2.05, 4.69) is 12.2 Å². The summed E-state index contributed by atoms with van der Waals surface area (Å²) in [5, 5.41) is 12.0. The average molecular weight is 464 g/mol. The molecule has 0 spiro atoms. The summed E-state index contributed by atoms with van der Waals surface area (Å²) >= 11 is 0.